The molecule has 0 unspecified atom stereocenters. The molecule has 1 fully saturated rings. The quantitative estimate of drug-likeness (QED) is 0.451. The van der Waals surface area contributed by atoms with Crippen LogP contribution in [0.25, 0.3) is 16.9 Å². The third kappa shape index (κ3) is 3.31. The number of esters is 1. The zero-order valence-electron chi connectivity index (χ0n) is 17.2. The number of hydrogen-bond donors (Lipinski definition) is 0. The monoisotopic (exact) mass is 434 g/mol. The summed E-state index contributed by atoms with van der Waals surface area (Å²) in [5.74, 6) is -0.852. The number of hydrogen-bond acceptors (Lipinski definition) is 5. The first-order chi connectivity index (χ1) is 15.5. The number of rotatable bonds is 5. The molecule has 1 saturated carbocycles. The summed E-state index contributed by atoms with van der Waals surface area (Å²) in [4.78, 5) is 42.5. The number of aromatic nitrogens is 4. The van der Waals surface area contributed by atoms with Gasteiger partial charge in [0.05, 0.1) is 24.7 Å². The second kappa shape index (κ2) is 7.60. The first-order valence-corrected chi connectivity index (χ1v) is 10.1. The van der Waals surface area contributed by atoms with E-state index in [0.29, 0.717) is 17.8 Å². The van der Waals surface area contributed by atoms with Crippen LogP contribution >= 0.6 is 0 Å². The summed E-state index contributed by atoms with van der Waals surface area (Å²) in [5, 5.41) is 0. The molecule has 4 aromatic rings. The second-order valence-electron chi connectivity index (χ2n) is 7.73. The molecule has 2 aromatic heterocycles. The molecular formula is C23H19FN4O4. The zero-order chi connectivity index (χ0) is 22.4. The van der Waals surface area contributed by atoms with Gasteiger partial charge in [0, 0.05) is 12.6 Å². The highest BCUT2D eigenvalue weighted by Gasteiger charge is 2.30. The summed E-state index contributed by atoms with van der Waals surface area (Å²) in [6.07, 6.45) is 3.03. The Morgan fingerprint density at radius 3 is 2.41 bits per heavy atom. The molecule has 0 saturated heterocycles. The van der Waals surface area contributed by atoms with Gasteiger partial charge in [0.15, 0.2) is 11.2 Å². The van der Waals surface area contributed by atoms with E-state index in [2.05, 4.69) is 4.98 Å². The first kappa shape index (κ1) is 19.9. The molecule has 0 bridgehead atoms. The molecule has 0 atom stereocenters. The van der Waals surface area contributed by atoms with E-state index in [-0.39, 0.29) is 17.2 Å². The van der Waals surface area contributed by atoms with Crippen LogP contribution in [0.4, 0.5) is 4.39 Å². The number of methoxy groups -OCH3 is 1. The van der Waals surface area contributed by atoms with E-state index in [1.807, 2.05) is 0 Å². The molecule has 162 valence electrons. The fourth-order valence-corrected chi connectivity index (χ4v) is 3.81. The number of imidazole rings is 1. The number of ether oxygens (including phenoxy) is 1. The maximum atomic E-state index is 13.5. The highest BCUT2D eigenvalue weighted by Crippen LogP contribution is 2.32. The van der Waals surface area contributed by atoms with Crippen molar-refractivity contribution in [2.24, 2.45) is 0 Å². The lowest BCUT2D eigenvalue weighted by molar-refractivity contribution is 0.0600. The van der Waals surface area contributed by atoms with Gasteiger partial charge < -0.3 is 9.30 Å². The predicted octanol–water partition coefficient (Wildman–Crippen LogP) is 2.66. The molecule has 2 heterocycles. The van der Waals surface area contributed by atoms with Crippen LogP contribution in [0.1, 0.15) is 34.8 Å². The highest BCUT2D eigenvalue weighted by atomic mass is 19.1. The number of halogens is 1. The lowest BCUT2D eigenvalue weighted by Crippen LogP contribution is -2.39. The van der Waals surface area contributed by atoms with Crippen molar-refractivity contribution in [3.8, 4) is 5.69 Å². The normalized spacial score (nSPS) is 13.4. The summed E-state index contributed by atoms with van der Waals surface area (Å²) in [6.45, 7) is 0.319. The van der Waals surface area contributed by atoms with Gasteiger partial charge in [-0.3, -0.25) is 9.36 Å². The molecule has 0 spiro atoms. The number of fused-ring (bicyclic) bond motifs is 1. The molecule has 9 heteroatoms. The van der Waals surface area contributed by atoms with Gasteiger partial charge in [0.2, 0.25) is 0 Å². The Morgan fingerprint density at radius 1 is 1.09 bits per heavy atom. The van der Waals surface area contributed by atoms with E-state index < -0.39 is 23.0 Å². The molecule has 5 rings (SSSR count). The molecule has 8 nitrogen and oxygen atoms in total. The first-order valence-electron chi connectivity index (χ1n) is 10.1. The van der Waals surface area contributed by atoms with Crippen LogP contribution < -0.4 is 11.2 Å². The van der Waals surface area contributed by atoms with Crippen molar-refractivity contribution < 1.29 is 13.9 Å². The van der Waals surface area contributed by atoms with Crippen LogP contribution in [0.15, 0.2) is 64.4 Å². The third-order valence-corrected chi connectivity index (χ3v) is 5.57. The van der Waals surface area contributed by atoms with Crippen molar-refractivity contribution in [3.63, 3.8) is 0 Å². The summed E-state index contributed by atoms with van der Waals surface area (Å²) < 4.78 is 22.5. The topological polar surface area (TPSA) is 88.1 Å². The Balaban J connectivity index is 1.66. The van der Waals surface area contributed by atoms with Crippen molar-refractivity contribution in [1.82, 2.24) is 18.7 Å². The van der Waals surface area contributed by atoms with Crippen LogP contribution in [0, 0.1) is 5.82 Å². The van der Waals surface area contributed by atoms with Crippen molar-refractivity contribution in [2.45, 2.75) is 25.4 Å². The molecule has 2 aromatic carbocycles. The smallest absolute Gasteiger partial charge is 0.337 e. The van der Waals surface area contributed by atoms with Crippen LogP contribution in [-0.2, 0) is 11.3 Å². The summed E-state index contributed by atoms with van der Waals surface area (Å²) in [6, 6.07) is 12.2. The molecule has 0 radical (unpaired) electrons. The van der Waals surface area contributed by atoms with E-state index in [4.69, 9.17) is 4.74 Å². The van der Waals surface area contributed by atoms with E-state index in [1.165, 1.54) is 46.8 Å². The third-order valence-electron chi connectivity index (χ3n) is 5.57. The fraction of sp³-hybridized carbons (Fsp3) is 0.217. The maximum Gasteiger partial charge on any atom is 0.337 e. The number of carbonyl (C=O) groups excluding carboxylic acids is 1. The Hall–Kier alpha value is -4.01. The maximum absolute atomic E-state index is 13.5. The summed E-state index contributed by atoms with van der Waals surface area (Å²) in [7, 11) is 1.32. The largest absolute Gasteiger partial charge is 0.465 e. The van der Waals surface area contributed by atoms with Crippen molar-refractivity contribution in [1.29, 1.82) is 0 Å². The Labute approximate surface area is 181 Å². The lowest BCUT2D eigenvalue weighted by atomic mass is 10.1. The summed E-state index contributed by atoms with van der Waals surface area (Å²) in [5.41, 5.74) is 1.33. The minimum atomic E-state index is -0.482. The van der Waals surface area contributed by atoms with Gasteiger partial charge in [-0.2, -0.15) is 0 Å². The average Bonchev–Trinajstić information content (AvgIpc) is 3.55. The zero-order valence-corrected chi connectivity index (χ0v) is 17.2. The highest BCUT2D eigenvalue weighted by molar-refractivity contribution is 5.89. The number of benzene rings is 2. The molecule has 0 N–H and O–H groups in total. The minimum Gasteiger partial charge on any atom is -0.465 e. The van der Waals surface area contributed by atoms with Crippen molar-refractivity contribution >= 4 is 17.1 Å². The van der Waals surface area contributed by atoms with E-state index in [9.17, 15) is 18.8 Å². The van der Waals surface area contributed by atoms with Crippen LogP contribution in [0.5, 0.6) is 0 Å². The minimum absolute atomic E-state index is 0.145. The van der Waals surface area contributed by atoms with Crippen LogP contribution in [0.2, 0.25) is 0 Å². The fourth-order valence-electron chi connectivity index (χ4n) is 3.81. The number of nitrogens with zero attached hydrogens (tertiary/aromatic N) is 4. The van der Waals surface area contributed by atoms with Gasteiger partial charge in [0.25, 0.3) is 5.56 Å². The van der Waals surface area contributed by atoms with Gasteiger partial charge in [-0.05, 0) is 54.8 Å². The van der Waals surface area contributed by atoms with Crippen LogP contribution in [-0.4, -0.2) is 31.8 Å². The van der Waals surface area contributed by atoms with Gasteiger partial charge in [0.1, 0.15) is 5.82 Å². The Morgan fingerprint density at radius 2 is 1.78 bits per heavy atom. The van der Waals surface area contributed by atoms with Crippen molar-refractivity contribution in [3.05, 3.63) is 92.6 Å². The molecule has 0 amide bonds. The molecule has 1 aliphatic carbocycles. The van der Waals surface area contributed by atoms with Gasteiger partial charge in [-0.25, -0.2) is 23.5 Å². The van der Waals surface area contributed by atoms with Crippen molar-refractivity contribution in [2.75, 3.05) is 7.11 Å². The summed E-state index contributed by atoms with van der Waals surface area (Å²) >= 11 is 0. The van der Waals surface area contributed by atoms with Gasteiger partial charge in [-0.15, -0.1) is 0 Å². The Kier molecular flexibility index (Phi) is 4.73. The predicted molar refractivity (Wildman–Crippen MR) is 115 cm³/mol. The number of carbonyl (C=O) groups is 1. The van der Waals surface area contributed by atoms with Crippen LogP contribution in [0.3, 0.4) is 0 Å². The molecular weight excluding hydrogens is 415 g/mol. The SMILES string of the molecule is COC(=O)c1ccc(Cn2cnc3c2c(=O)n(C2CC2)c(=O)n3-c2ccc(F)cc2)cc1. The second-order valence-corrected chi connectivity index (χ2v) is 7.73. The standard InChI is InChI=1S/C23H19FN4O4/c1-32-22(30)15-4-2-14(3-5-15)12-26-13-25-20-19(26)21(29)28(18-10-11-18)23(31)27(20)17-8-6-16(24)7-9-17/h2-9,13,18H,10-12H2,1H3. The molecule has 1 aliphatic rings. The van der Waals surface area contributed by atoms with Gasteiger partial charge >= 0.3 is 11.7 Å². The molecule has 32 heavy (non-hydrogen) atoms. The van der Waals surface area contributed by atoms with E-state index in [1.54, 1.807) is 28.8 Å². The van der Waals surface area contributed by atoms with E-state index >= 15 is 0 Å². The van der Waals surface area contributed by atoms with Gasteiger partial charge in [-0.1, -0.05) is 12.1 Å². The molecule has 0 aliphatic heterocycles. The lowest BCUT2D eigenvalue weighted by Gasteiger charge is -2.12. The Bertz CT molecular complexity index is 1450. The van der Waals surface area contributed by atoms with E-state index in [0.717, 1.165) is 18.4 Å². The average molecular weight is 434 g/mol.